The number of aromatic nitrogens is 6. The number of pyridine rings is 1. The van der Waals surface area contributed by atoms with Gasteiger partial charge in [0.05, 0.1) is 42.5 Å². The Morgan fingerprint density at radius 2 is 1.81 bits per heavy atom. The highest BCUT2D eigenvalue weighted by Crippen LogP contribution is 2.33. The van der Waals surface area contributed by atoms with Crippen LogP contribution in [0.15, 0.2) is 48.7 Å². The predicted molar refractivity (Wildman–Crippen MR) is 115 cm³/mol. The van der Waals surface area contributed by atoms with Crippen LogP contribution in [0.2, 0.25) is 0 Å². The molecular weight excluding hydrogens is 392 g/mol. The summed E-state index contributed by atoms with van der Waals surface area (Å²) >= 11 is 0. The average Bonchev–Trinajstić information content (AvgIpc) is 3.26. The lowest BCUT2D eigenvalue weighted by Crippen LogP contribution is -2.03. The van der Waals surface area contributed by atoms with Gasteiger partial charge in [0.2, 0.25) is 5.95 Å². The number of rotatable bonds is 6. The maximum atomic E-state index is 9.35. The summed E-state index contributed by atoms with van der Waals surface area (Å²) in [6.07, 6.45) is 2.66. The Kier molecular flexibility index (Phi) is 5.53. The van der Waals surface area contributed by atoms with Crippen LogP contribution < -0.4 is 10.5 Å². The maximum absolute atomic E-state index is 9.35. The minimum absolute atomic E-state index is 0.0868. The fraction of sp³-hybridized carbons (Fsp3) is 0.182. The molecule has 2 N–H and O–H groups in total. The molecule has 0 bridgehead atoms. The molecule has 0 fully saturated rings. The van der Waals surface area contributed by atoms with Crippen LogP contribution in [0.25, 0.3) is 22.6 Å². The van der Waals surface area contributed by atoms with Crippen molar-refractivity contribution < 1.29 is 4.74 Å². The van der Waals surface area contributed by atoms with Crippen molar-refractivity contribution in [3.8, 4) is 34.5 Å². The van der Waals surface area contributed by atoms with Crippen molar-refractivity contribution in [2.24, 2.45) is 0 Å². The SMILES string of the molecule is CCc1cccc(Cn2cc(-c3cc(-c4cccc(C#N)c4OC)nc(N)n3)nn2)n1. The largest absolute Gasteiger partial charge is 0.495 e. The van der Waals surface area contributed by atoms with Gasteiger partial charge < -0.3 is 10.5 Å². The van der Waals surface area contributed by atoms with Gasteiger partial charge in [-0.3, -0.25) is 4.98 Å². The van der Waals surface area contributed by atoms with Gasteiger partial charge in [-0.25, -0.2) is 14.6 Å². The number of nitrogens with two attached hydrogens (primary N) is 1. The zero-order valence-electron chi connectivity index (χ0n) is 17.1. The Morgan fingerprint density at radius 3 is 2.58 bits per heavy atom. The van der Waals surface area contributed by atoms with Gasteiger partial charge in [-0.05, 0) is 36.8 Å². The molecular formula is C22H20N8O. The first-order valence-corrected chi connectivity index (χ1v) is 9.68. The summed E-state index contributed by atoms with van der Waals surface area (Å²) in [5, 5.41) is 17.8. The molecule has 0 aliphatic rings. The van der Waals surface area contributed by atoms with Gasteiger partial charge in [0, 0.05) is 11.3 Å². The molecule has 0 spiro atoms. The van der Waals surface area contributed by atoms with Crippen LogP contribution in [0.3, 0.4) is 0 Å². The molecule has 0 radical (unpaired) electrons. The molecule has 0 saturated heterocycles. The van der Waals surface area contributed by atoms with Crippen molar-refractivity contribution in [1.82, 2.24) is 29.9 Å². The van der Waals surface area contributed by atoms with Gasteiger partial charge >= 0.3 is 0 Å². The quantitative estimate of drug-likeness (QED) is 0.512. The van der Waals surface area contributed by atoms with E-state index >= 15 is 0 Å². The highest BCUT2D eigenvalue weighted by molar-refractivity contribution is 5.74. The zero-order chi connectivity index (χ0) is 21.8. The van der Waals surface area contributed by atoms with Gasteiger partial charge in [0.1, 0.15) is 17.5 Å². The summed E-state index contributed by atoms with van der Waals surface area (Å²) in [5.41, 5.74) is 10.6. The average molecular weight is 412 g/mol. The second kappa shape index (κ2) is 8.59. The van der Waals surface area contributed by atoms with Crippen LogP contribution in [0, 0.1) is 11.3 Å². The topological polar surface area (TPSA) is 128 Å². The second-order valence-electron chi connectivity index (χ2n) is 6.77. The molecule has 1 aromatic carbocycles. The van der Waals surface area contributed by atoms with Gasteiger partial charge in [0.15, 0.2) is 0 Å². The van der Waals surface area contributed by atoms with E-state index in [4.69, 9.17) is 10.5 Å². The molecule has 0 saturated carbocycles. The molecule has 3 heterocycles. The van der Waals surface area contributed by atoms with Crippen LogP contribution in [0.4, 0.5) is 5.95 Å². The molecule has 4 aromatic rings. The third-order valence-corrected chi connectivity index (χ3v) is 4.71. The molecule has 0 aliphatic heterocycles. The number of ether oxygens (including phenoxy) is 1. The molecule has 9 nitrogen and oxygen atoms in total. The molecule has 0 unspecified atom stereocenters. The van der Waals surface area contributed by atoms with Gasteiger partial charge in [-0.2, -0.15) is 5.26 Å². The van der Waals surface area contributed by atoms with E-state index in [1.165, 1.54) is 7.11 Å². The van der Waals surface area contributed by atoms with E-state index in [9.17, 15) is 5.26 Å². The van der Waals surface area contributed by atoms with E-state index in [-0.39, 0.29) is 5.95 Å². The minimum atomic E-state index is 0.0868. The Labute approximate surface area is 179 Å². The fourth-order valence-electron chi connectivity index (χ4n) is 3.25. The van der Waals surface area contributed by atoms with Crippen LogP contribution in [0.1, 0.15) is 23.9 Å². The maximum Gasteiger partial charge on any atom is 0.221 e. The zero-order valence-corrected chi connectivity index (χ0v) is 17.1. The molecule has 154 valence electrons. The van der Waals surface area contributed by atoms with E-state index in [0.29, 0.717) is 40.5 Å². The number of methoxy groups -OCH3 is 1. The van der Waals surface area contributed by atoms with Crippen molar-refractivity contribution in [3.05, 3.63) is 65.6 Å². The number of hydrogen-bond donors (Lipinski definition) is 1. The summed E-state index contributed by atoms with van der Waals surface area (Å²) in [6.45, 7) is 2.56. The van der Waals surface area contributed by atoms with E-state index in [1.807, 2.05) is 24.3 Å². The van der Waals surface area contributed by atoms with Crippen molar-refractivity contribution >= 4 is 5.95 Å². The monoisotopic (exact) mass is 412 g/mol. The second-order valence-corrected chi connectivity index (χ2v) is 6.77. The van der Waals surface area contributed by atoms with E-state index in [2.05, 4.69) is 38.3 Å². The summed E-state index contributed by atoms with van der Waals surface area (Å²) in [6, 6.07) is 15.1. The van der Waals surface area contributed by atoms with Crippen molar-refractivity contribution in [3.63, 3.8) is 0 Å². The van der Waals surface area contributed by atoms with E-state index in [0.717, 1.165) is 17.8 Å². The van der Waals surface area contributed by atoms with Crippen molar-refractivity contribution in [2.45, 2.75) is 19.9 Å². The summed E-state index contributed by atoms with van der Waals surface area (Å²) in [5.74, 6) is 0.517. The van der Waals surface area contributed by atoms with E-state index in [1.54, 1.807) is 29.1 Å². The fourth-order valence-corrected chi connectivity index (χ4v) is 3.25. The first kappa shape index (κ1) is 20.0. The number of anilines is 1. The number of nitrogen functional groups attached to an aromatic ring is 1. The van der Waals surface area contributed by atoms with Gasteiger partial charge in [-0.15, -0.1) is 5.10 Å². The highest BCUT2D eigenvalue weighted by atomic mass is 16.5. The molecule has 0 atom stereocenters. The lowest BCUT2D eigenvalue weighted by molar-refractivity contribution is 0.415. The van der Waals surface area contributed by atoms with E-state index < -0.39 is 0 Å². The summed E-state index contributed by atoms with van der Waals surface area (Å²) < 4.78 is 7.13. The minimum Gasteiger partial charge on any atom is -0.495 e. The molecule has 0 amide bonds. The Balaban J connectivity index is 1.68. The lowest BCUT2D eigenvalue weighted by Gasteiger charge is -2.10. The summed E-state index contributed by atoms with van der Waals surface area (Å²) in [7, 11) is 1.51. The smallest absolute Gasteiger partial charge is 0.221 e. The molecule has 9 heteroatoms. The van der Waals surface area contributed by atoms with Crippen LogP contribution in [-0.4, -0.2) is 37.1 Å². The highest BCUT2D eigenvalue weighted by Gasteiger charge is 2.16. The molecule has 0 aliphatic carbocycles. The number of nitrogens with zero attached hydrogens (tertiary/aromatic N) is 7. The number of para-hydroxylation sites is 1. The summed E-state index contributed by atoms with van der Waals surface area (Å²) in [4.78, 5) is 13.2. The standard InChI is InChI=1S/C22H20N8O/c1-3-15-7-5-8-16(25-15)12-30-13-20(28-29-30)19-10-18(26-22(24)27-19)17-9-4-6-14(11-23)21(17)31-2/h4-10,13H,3,12H2,1-2H3,(H2,24,26,27). The Hall–Kier alpha value is -4.32. The Bertz CT molecular complexity index is 1270. The number of aryl methyl sites for hydroxylation is 1. The number of hydrogen-bond acceptors (Lipinski definition) is 8. The van der Waals surface area contributed by atoms with Crippen molar-refractivity contribution in [2.75, 3.05) is 12.8 Å². The predicted octanol–water partition coefficient (Wildman–Crippen LogP) is 2.87. The van der Waals surface area contributed by atoms with Crippen LogP contribution in [0.5, 0.6) is 5.75 Å². The normalized spacial score (nSPS) is 10.6. The lowest BCUT2D eigenvalue weighted by atomic mass is 10.1. The van der Waals surface area contributed by atoms with Crippen LogP contribution >= 0.6 is 0 Å². The van der Waals surface area contributed by atoms with Gasteiger partial charge in [-0.1, -0.05) is 24.3 Å². The first-order valence-electron chi connectivity index (χ1n) is 9.68. The number of nitriles is 1. The van der Waals surface area contributed by atoms with Gasteiger partial charge in [0.25, 0.3) is 0 Å². The third kappa shape index (κ3) is 4.18. The molecule has 3 aromatic heterocycles. The number of benzene rings is 1. The first-order chi connectivity index (χ1) is 15.1. The molecule has 4 rings (SSSR count). The molecule has 31 heavy (non-hydrogen) atoms. The Morgan fingerprint density at radius 1 is 1.03 bits per heavy atom. The third-order valence-electron chi connectivity index (χ3n) is 4.71. The van der Waals surface area contributed by atoms with Crippen molar-refractivity contribution in [1.29, 1.82) is 5.26 Å². The van der Waals surface area contributed by atoms with Crippen LogP contribution in [-0.2, 0) is 13.0 Å².